The number of pyridine rings is 1. The molecule has 0 unspecified atom stereocenters. The van der Waals surface area contributed by atoms with Crippen LogP contribution in [0.15, 0.2) is 24.5 Å². The highest BCUT2D eigenvalue weighted by atomic mass is 16.5. The zero-order valence-electron chi connectivity index (χ0n) is 11.7. The van der Waals surface area contributed by atoms with Gasteiger partial charge in [-0.15, -0.1) is 0 Å². The minimum atomic E-state index is -0.523. The maximum atomic E-state index is 11.8. The van der Waals surface area contributed by atoms with Gasteiger partial charge in [-0.05, 0) is 30.9 Å². The van der Waals surface area contributed by atoms with Crippen LogP contribution < -0.4 is 5.32 Å². The molecule has 1 aromatic rings. The monoisotopic (exact) mass is 276 g/mol. The molecule has 0 spiro atoms. The van der Waals surface area contributed by atoms with Crippen molar-refractivity contribution in [1.82, 2.24) is 10.3 Å². The Morgan fingerprint density at radius 3 is 2.90 bits per heavy atom. The predicted molar refractivity (Wildman–Crippen MR) is 74.1 cm³/mol. The summed E-state index contributed by atoms with van der Waals surface area (Å²) in [7, 11) is 0. The lowest BCUT2D eigenvalue weighted by molar-refractivity contribution is -0.125. The summed E-state index contributed by atoms with van der Waals surface area (Å²) >= 11 is 0. The normalized spacial score (nSPS) is 22.1. The van der Waals surface area contributed by atoms with Crippen molar-refractivity contribution in [1.29, 1.82) is 0 Å². The van der Waals surface area contributed by atoms with Crippen molar-refractivity contribution in [2.24, 2.45) is 5.92 Å². The van der Waals surface area contributed by atoms with E-state index in [2.05, 4.69) is 17.2 Å². The van der Waals surface area contributed by atoms with Crippen LogP contribution >= 0.6 is 0 Å². The summed E-state index contributed by atoms with van der Waals surface area (Å²) in [4.78, 5) is 27.3. The molecule has 1 aromatic heterocycles. The van der Waals surface area contributed by atoms with Gasteiger partial charge < -0.3 is 10.1 Å². The molecule has 0 saturated heterocycles. The molecule has 1 fully saturated rings. The Balaban J connectivity index is 1.76. The number of rotatable bonds is 4. The third kappa shape index (κ3) is 4.05. The van der Waals surface area contributed by atoms with Gasteiger partial charge in [0, 0.05) is 18.4 Å². The number of esters is 1. The van der Waals surface area contributed by atoms with E-state index in [9.17, 15) is 9.59 Å². The molecule has 0 aliphatic heterocycles. The lowest BCUT2D eigenvalue weighted by atomic mass is 9.86. The summed E-state index contributed by atoms with van der Waals surface area (Å²) in [6.07, 6.45) is 7.51. The molecule has 1 saturated carbocycles. The van der Waals surface area contributed by atoms with Gasteiger partial charge in [0.1, 0.15) is 0 Å². The Labute approximate surface area is 118 Å². The summed E-state index contributed by atoms with van der Waals surface area (Å²) in [6.45, 7) is 1.91. The number of hydrogen-bond donors (Lipinski definition) is 1. The molecule has 0 aromatic carbocycles. The number of nitrogens with one attached hydrogen (secondary N) is 1. The second kappa shape index (κ2) is 7.03. The third-order valence-corrected chi connectivity index (χ3v) is 3.69. The van der Waals surface area contributed by atoms with Crippen LogP contribution in [0.5, 0.6) is 0 Å². The lowest BCUT2D eigenvalue weighted by Crippen LogP contribution is -2.42. The molecule has 0 radical (unpaired) electrons. The second-order valence-electron chi connectivity index (χ2n) is 5.25. The number of aromatic nitrogens is 1. The maximum Gasteiger partial charge on any atom is 0.340 e. The zero-order valence-corrected chi connectivity index (χ0v) is 11.7. The molecule has 5 heteroatoms. The number of nitrogens with zero attached hydrogens (tertiary/aromatic N) is 1. The van der Waals surface area contributed by atoms with Gasteiger partial charge in [0.15, 0.2) is 6.61 Å². The minimum absolute atomic E-state index is 0.202. The van der Waals surface area contributed by atoms with Gasteiger partial charge in [-0.25, -0.2) is 4.79 Å². The van der Waals surface area contributed by atoms with Crippen LogP contribution in [0.4, 0.5) is 0 Å². The van der Waals surface area contributed by atoms with Gasteiger partial charge in [-0.1, -0.05) is 19.8 Å². The highest BCUT2D eigenvalue weighted by Gasteiger charge is 2.23. The summed E-state index contributed by atoms with van der Waals surface area (Å²) in [6, 6.07) is 3.46. The van der Waals surface area contributed by atoms with E-state index in [1.165, 1.54) is 12.6 Å². The summed E-state index contributed by atoms with van der Waals surface area (Å²) in [5.74, 6) is -0.271. The van der Waals surface area contributed by atoms with Crippen LogP contribution in [-0.2, 0) is 9.53 Å². The predicted octanol–water partition coefficient (Wildman–Crippen LogP) is 1.93. The quantitative estimate of drug-likeness (QED) is 0.853. The smallest absolute Gasteiger partial charge is 0.340 e. The van der Waals surface area contributed by atoms with Gasteiger partial charge in [0.05, 0.1) is 5.56 Å². The standard InChI is InChI=1S/C15H20N2O3/c1-11-5-2-3-7-13(11)17-14(18)10-20-15(19)12-6-4-8-16-9-12/h4,6,8-9,11,13H,2-3,5,7,10H2,1H3,(H,17,18)/t11-,13-/m1/s1. The van der Waals surface area contributed by atoms with E-state index in [-0.39, 0.29) is 18.6 Å². The molecule has 1 N–H and O–H groups in total. The highest BCUT2D eigenvalue weighted by molar-refractivity contribution is 5.90. The molecule has 1 aliphatic rings. The largest absolute Gasteiger partial charge is 0.452 e. The van der Waals surface area contributed by atoms with E-state index < -0.39 is 5.97 Å². The molecular weight excluding hydrogens is 256 g/mol. The van der Waals surface area contributed by atoms with Crippen LogP contribution in [0.3, 0.4) is 0 Å². The molecule has 5 nitrogen and oxygen atoms in total. The fourth-order valence-corrected chi connectivity index (χ4v) is 2.48. The fourth-order valence-electron chi connectivity index (χ4n) is 2.48. The van der Waals surface area contributed by atoms with Crippen LogP contribution in [-0.4, -0.2) is 29.5 Å². The minimum Gasteiger partial charge on any atom is -0.452 e. The first kappa shape index (κ1) is 14.5. The van der Waals surface area contributed by atoms with Gasteiger partial charge >= 0.3 is 5.97 Å². The number of carbonyl (C=O) groups is 2. The average molecular weight is 276 g/mol. The highest BCUT2D eigenvalue weighted by Crippen LogP contribution is 2.23. The van der Waals surface area contributed by atoms with Crippen molar-refractivity contribution in [3.8, 4) is 0 Å². The second-order valence-corrected chi connectivity index (χ2v) is 5.25. The van der Waals surface area contributed by atoms with Crippen molar-refractivity contribution < 1.29 is 14.3 Å². The Hall–Kier alpha value is -1.91. The number of carbonyl (C=O) groups excluding carboxylic acids is 2. The lowest BCUT2D eigenvalue weighted by Gasteiger charge is -2.29. The molecule has 1 heterocycles. The topological polar surface area (TPSA) is 68.3 Å². The fraction of sp³-hybridized carbons (Fsp3) is 0.533. The molecule has 108 valence electrons. The van der Waals surface area contributed by atoms with Gasteiger partial charge in [-0.3, -0.25) is 9.78 Å². The van der Waals surface area contributed by atoms with Gasteiger partial charge in [-0.2, -0.15) is 0 Å². The molecule has 1 aliphatic carbocycles. The average Bonchev–Trinajstić information content (AvgIpc) is 2.48. The Morgan fingerprint density at radius 2 is 2.20 bits per heavy atom. The van der Waals surface area contributed by atoms with Crippen LogP contribution in [0, 0.1) is 5.92 Å². The van der Waals surface area contributed by atoms with Crippen LogP contribution in [0.2, 0.25) is 0 Å². The van der Waals surface area contributed by atoms with E-state index in [0.29, 0.717) is 11.5 Å². The van der Waals surface area contributed by atoms with Crippen molar-refractivity contribution >= 4 is 11.9 Å². The molecular formula is C15H20N2O3. The molecule has 20 heavy (non-hydrogen) atoms. The van der Waals surface area contributed by atoms with Crippen molar-refractivity contribution in [2.45, 2.75) is 38.6 Å². The van der Waals surface area contributed by atoms with Gasteiger partial charge in [0.2, 0.25) is 0 Å². The van der Waals surface area contributed by atoms with E-state index in [1.807, 2.05) is 0 Å². The first-order valence-electron chi connectivity index (χ1n) is 7.03. The van der Waals surface area contributed by atoms with E-state index in [0.717, 1.165) is 19.3 Å². The number of amides is 1. The zero-order chi connectivity index (χ0) is 14.4. The first-order valence-corrected chi connectivity index (χ1v) is 7.03. The SMILES string of the molecule is C[C@@H]1CCCC[C@H]1NC(=O)COC(=O)c1cccnc1. The van der Waals surface area contributed by atoms with E-state index in [1.54, 1.807) is 18.3 Å². The van der Waals surface area contributed by atoms with E-state index >= 15 is 0 Å². The third-order valence-electron chi connectivity index (χ3n) is 3.69. The molecule has 1 amide bonds. The maximum absolute atomic E-state index is 11.8. The van der Waals surface area contributed by atoms with Crippen LogP contribution in [0.25, 0.3) is 0 Å². The Bertz CT molecular complexity index is 461. The number of ether oxygens (including phenoxy) is 1. The molecule has 2 rings (SSSR count). The van der Waals surface area contributed by atoms with E-state index in [4.69, 9.17) is 4.74 Å². The first-order chi connectivity index (χ1) is 9.66. The summed E-state index contributed by atoms with van der Waals surface area (Å²) in [5.41, 5.74) is 0.353. The summed E-state index contributed by atoms with van der Waals surface area (Å²) < 4.78 is 4.98. The summed E-state index contributed by atoms with van der Waals surface area (Å²) in [5, 5.41) is 2.94. The van der Waals surface area contributed by atoms with Crippen molar-refractivity contribution in [3.63, 3.8) is 0 Å². The Kier molecular flexibility index (Phi) is 5.09. The molecule has 2 atom stereocenters. The molecule has 0 bridgehead atoms. The van der Waals surface area contributed by atoms with Crippen molar-refractivity contribution in [2.75, 3.05) is 6.61 Å². The van der Waals surface area contributed by atoms with Crippen LogP contribution in [0.1, 0.15) is 43.0 Å². The Morgan fingerprint density at radius 1 is 1.40 bits per heavy atom. The number of hydrogen-bond acceptors (Lipinski definition) is 4. The van der Waals surface area contributed by atoms with Crippen molar-refractivity contribution in [3.05, 3.63) is 30.1 Å². The van der Waals surface area contributed by atoms with Gasteiger partial charge in [0.25, 0.3) is 5.91 Å².